The van der Waals surface area contributed by atoms with Crippen molar-refractivity contribution in [2.75, 3.05) is 0 Å². The molecule has 2 aromatic rings. The minimum atomic E-state index is 0.630. The van der Waals surface area contributed by atoms with Crippen LogP contribution >= 0.6 is 0 Å². The number of hydrogen-bond donors (Lipinski definition) is 1. The van der Waals surface area contributed by atoms with E-state index in [1.54, 1.807) is 6.20 Å². The molecule has 0 amide bonds. The highest BCUT2D eigenvalue weighted by Crippen LogP contribution is 2.18. The summed E-state index contributed by atoms with van der Waals surface area (Å²) in [6.07, 6.45) is 4.39. The third-order valence-corrected chi connectivity index (χ3v) is 2.39. The predicted octanol–water partition coefficient (Wildman–Crippen LogP) is 2.03. The number of carbonyl (C=O) groups excluding carboxylic acids is 1. The van der Waals surface area contributed by atoms with Crippen molar-refractivity contribution >= 4 is 17.3 Å². The summed E-state index contributed by atoms with van der Waals surface area (Å²) < 4.78 is 0. The molecule has 2 rings (SSSR count). The van der Waals surface area contributed by atoms with Gasteiger partial charge in [-0.2, -0.15) is 0 Å². The van der Waals surface area contributed by atoms with E-state index in [2.05, 4.69) is 21.9 Å². The van der Waals surface area contributed by atoms with Crippen LogP contribution in [0.5, 0.6) is 0 Å². The monoisotopic (exact) mass is 203 g/mol. The van der Waals surface area contributed by atoms with Crippen molar-refractivity contribution < 1.29 is 4.79 Å². The van der Waals surface area contributed by atoms with E-state index in [0.29, 0.717) is 5.56 Å². The minimum absolute atomic E-state index is 0.630. The Morgan fingerprint density at radius 2 is 2.27 bits per heavy atom. The van der Waals surface area contributed by atoms with Gasteiger partial charge < -0.3 is 4.98 Å². The lowest BCUT2D eigenvalue weighted by atomic mass is 10.2. The average molecular weight is 203 g/mol. The maximum Gasteiger partial charge on any atom is 0.152 e. The topological polar surface area (TPSA) is 58.6 Å². The summed E-state index contributed by atoms with van der Waals surface area (Å²) >= 11 is 0. The number of aldehydes is 1. The van der Waals surface area contributed by atoms with E-state index in [1.165, 1.54) is 0 Å². The Labute approximate surface area is 87.7 Å². The van der Waals surface area contributed by atoms with Crippen LogP contribution in [0, 0.1) is 6.92 Å². The molecule has 15 heavy (non-hydrogen) atoms. The summed E-state index contributed by atoms with van der Waals surface area (Å²) in [5.41, 5.74) is 2.25. The van der Waals surface area contributed by atoms with Gasteiger partial charge in [-0.3, -0.25) is 4.79 Å². The van der Waals surface area contributed by atoms with Gasteiger partial charge in [0.1, 0.15) is 11.5 Å². The highest BCUT2D eigenvalue weighted by atomic mass is 16.1. The number of aryl methyl sites for hydroxylation is 2. The third kappa shape index (κ3) is 1.63. The van der Waals surface area contributed by atoms with Crippen LogP contribution in [0.1, 0.15) is 35.2 Å². The van der Waals surface area contributed by atoms with Crippen molar-refractivity contribution in [2.24, 2.45) is 0 Å². The largest absolute Gasteiger partial charge is 0.345 e. The normalized spacial score (nSPS) is 10.8. The molecular weight excluding hydrogens is 190 g/mol. The smallest absolute Gasteiger partial charge is 0.152 e. The first-order valence-corrected chi connectivity index (χ1v) is 5.06. The molecule has 0 aliphatic rings. The van der Waals surface area contributed by atoms with Crippen molar-refractivity contribution in [1.82, 2.24) is 15.0 Å². The quantitative estimate of drug-likeness (QED) is 0.776. The minimum Gasteiger partial charge on any atom is -0.345 e. The molecule has 2 aromatic heterocycles. The molecule has 0 bridgehead atoms. The number of nitrogens with one attached hydrogen (secondary N) is 1. The number of aromatic amines is 1. The van der Waals surface area contributed by atoms with Gasteiger partial charge in [0.15, 0.2) is 6.29 Å². The summed E-state index contributed by atoms with van der Waals surface area (Å²) in [6.45, 7) is 4.00. The second kappa shape index (κ2) is 3.81. The van der Waals surface area contributed by atoms with Gasteiger partial charge in [-0.15, -0.1) is 0 Å². The maximum absolute atomic E-state index is 10.8. The summed E-state index contributed by atoms with van der Waals surface area (Å²) in [4.78, 5) is 22.5. The van der Waals surface area contributed by atoms with Crippen LogP contribution in [0.2, 0.25) is 0 Å². The lowest BCUT2D eigenvalue weighted by Crippen LogP contribution is -1.98. The van der Waals surface area contributed by atoms with E-state index in [0.717, 1.165) is 41.7 Å². The van der Waals surface area contributed by atoms with Crippen LogP contribution in [0.4, 0.5) is 0 Å². The first kappa shape index (κ1) is 9.83. The van der Waals surface area contributed by atoms with Crippen LogP contribution in [0.3, 0.4) is 0 Å². The van der Waals surface area contributed by atoms with Gasteiger partial charge in [-0.25, -0.2) is 9.97 Å². The standard InChI is InChI=1S/C11H13N3O/c1-3-4-9-13-7(2)10-8(6-15)5-12-11(10)14-9/h5-6H,3-4H2,1-2H3,(H,12,13,14). The van der Waals surface area contributed by atoms with Crippen molar-refractivity contribution in [3.8, 4) is 0 Å². The van der Waals surface area contributed by atoms with Gasteiger partial charge in [0, 0.05) is 18.2 Å². The fraction of sp³-hybridized carbons (Fsp3) is 0.364. The van der Waals surface area contributed by atoms with Crippen molar-refractivity contribution in [1.29, 1.82) is 0 Å². The van der Waals surface area contributed by atoms with Gasteiger partial charge in [0.2, 0.25) is 0 Å². The third-order valence-electron chi connectivity index (χ3n) is 2.39. The molecule has 0 spiro atoms. The summed E-state index contributed by atoms with van der Waals surface area (Å²) in [7, 11) is 0. The fourth-order valence-electron chi connectivity index (χ4n) is 1.73. The Bertz CT molecular complexity index is 502. The lowest BCUT2D eigenvalue weighted by molar-refractivity contribution is 0.112. The predicted molar refractivity (Wildman–Crippen MR) is 58.0 cm³/mol. The number of fused-ring (bicyclic) bond motifs is 1. The second-order valence-corrected chi connectivity index (χ2v) is 3.56. The van der Waals surface area contributed by atoms with Crippen LogP contribution in [0.25, 0.3) is 11.0 Å². The molecule has 4 heteroatoms. The zero-order valence-electron chi connectivity index (χ0n) is 8.87. The van der Waals surface area contributed by atoms with Crippen molar-refractivity contribution in [3.63, 3.8) is 0 Å². The first-order chi connectivity index (χ1) is 7.26. The Kier molecular flexibility index (Phi) is 2.49. The SMILES string of the molecule is CCCc1nc(C)c2c(C=O)c[nH]c2n1. The zero-order valence-corrected chi connectivity index (χ0v) is 8.87. The number of carbonyl (C=O) groups is 1. The number of nitrogens with zero attached hydrogens (tertiary/aromatic N) is 2. The van der Waals surface area contributed by atoms with E-state index >= 15 is 0 Å². The summed E-state index contributed by atoms with van der Waals surface area (Å²) in [5.74, 6) is 0.835. The van der Waals surface area contributed by atoms with E-state index in [1.807, 2.05) is 6.92 Å². The second-order valence-electron chi connectivity index (χ2n) is 3.56. The molecule has 0 fully saturated rings. The number of aromatic nitrogens is 3. The maximum atomic E-state index is 10.8. The van der Waals surface area contributed by atoms with Gasteiger partial charge in [0.25, 0.3) is 0 Å². The van der Waals surface area contributed by atoms with Gasteiger partial charge in [-0.05, 0) is 13.3 Å². The zero-order chi connectivity index (χ0) is 10.8. The molecular formula is C11H13N3O. The summed E-state index contributed by atoms with van der Waals surface area (Å²) in [6, 6.07) is 0. The van der Waals surface area contributed by atoms with Crippen LogP contribution < -0.4 is 0 Å². The van der Waals surface area contributed by atoms with Gasteiger partial charge >= 0.3 is 0 Å². The van der Waals surface area contributed by atoms with Crippen LogP contribution in [0.15, 0.2) is 6.20 Å². The Hall–Kier alpha value is -1.71. The van der Waals surface area contributed by atoms with Gasteiger partial charge in [0.05, 0.1) is 11.1 Å². The van der Waals surface area contributed by atoms with E-state index < -0.39 is 0 Å². The molecule has 4 nitrogen and oxygen atoms in total. The first-order valence-electron chi connectivity index (χ1n) is 5.06. The Morgan fingerprint density at radius 1 is 1.47 bits per heavy atom. The number of rotatable bonds is 3. The fourth-order valence-corrected chi connectivity index (χ4v) is 1.73. The van der Waals surface area contributed by atoms with Crippen molar-refractivity contribution in [2.45, 2.75) is 26.7 Å². The molecule has 0 saturated heterocycles. The molecule has 0 aliphatic carbocycles. The van der Waals surface area contributed by atoms with Crippen LogP contribution in [-0.4, -0.2) is 21.2 Å². The molecule has 0 saturated carbocycles. The van der Waals surface area contributed by atoms with E-state index in [9.17, 15) is 4.79 Å². The number of H-pyrrole nitrogens is 1. The molecule has 0 aromatic carbocycles. The highest BCUT2D eigenvalue weighted by molar-refractivity contribution is 5.96. The Balaban J connectivity index is 2.63. The van der Waals surface area contributed by atoms with E-state index in [4.69, 9.17) is 0 Å². The lowest BCUT2D eigenvalue weighted by Gasteiger charge is -2.01. The summed E-state index contributed by atoms with van der Waals surface area (Å²) in [5, 5.41) is 0.838. The molecule has 0 aliphatic heterocycles. The molecule has 78 valence electrons. The Morgan fingerprint density at radius 3 is 2.93 bits per heavy atom. The highest BCUT2D eigenvalue weighted by Gasteiger charge is 2.09. The number of hydrogen-bond acceptors (Lipinski definition) is 3. The molecule has 0 unspecified atom stereocenters. The van der Waals surface area contributed by atoms with Crippen molar-refractivity contribution in [3.05, 3.63) is 23.3 Å². The van der Waals surface area contributed by atoms with Gasteiger partial charge in [-0.1, -0.05) is 6.92 Å². The van der Waals surface area contributed by atoms with Crippen LogP contribution in [-0.2, 0) is 6.42 Å². The molecule has 0 atom stereocenters. The average Bonchev–Trinajstić information content (AvgIpc) is 2.61. The van der Waals surface area contributed by atoms with E-state index in [-0.39, 0.29) is 0 Å². The molecule has 1 N–H and O–H groups in total. The molecule has 0 radical (unpaired) electrons. The molecule has 2 heterocycles.